The first kappa shape index (κ1) is 8.71. The molecular formula is C11H12N2O2. The summed E-state index contributed by atoms with van der Waals surface area (Å²) in [4.78, 5) is 10.5. The van der Waals surface area contributed by atoms with Gasteiger partial charge in [-0.3, -0.25) is 10.1 Å². The fraction of sp³-hybridized carbons (Fsp3) is 0.455. The van der Waals surface area contributed by atoms with E-state index < -0.39 is 0 Å². The van der Waals surface area contributed by atoms with E-state index in [9.17, 15) is 10.1 Å². The first-order chi connectivity index (χ1) is 7.27. The normalized spacial score (nSPS) is 23.3. The van der Waals surface area contributed by atoms with Crippen LogP contribution < -0.4 is 5.32 Å². The second kappa shape index (κ2) is 2.95. The number of nitro groups is 1. The van der Waals surface area contributed by atoms with Crippen molar-refractivity contribution in [3.8, 4) is 0 Å². The lowest BCUT2D eigenvalue weighted by molar-refractivity contribution is -0.383. The number of hydrogen-bond acceptors (Lipinski definition) is 3. The van der Waals surface area contributed by atoms with Crippen LogP contribution in [0.15, 0.2) is 18.2 Å². The number of fused-ring (bicyclic) bond motifs is 1. The van der Waals surface area contributed by atoms with Crippen LogP contribution in [0, 0.1) is 16.0 Å². The van der Waals surface area contributed by atoms with Crippen LogP contribution in [-0.2, 0) is 0 Å². The van der Waals surface area contributed by atoms with Gasteiger partial charge in [-0.15, -0.1) is 0 Å². The summed E-state index contributed by atoms with van der Waals surface area (Å²) in [6.07, 6.45) is 2.54. The lowest BCUT2D eigenvalue weighted by Crippen LogP contribution is -2.03. The number of benzene rings is 1. The highest BCUT2D eigenvalue weighted by molar-refractivity contribution is 5.70. The number of nitrogens with zero attached hydrogens (tertiary/aromatic N) is 1. The minimum absolute atomic E-state index is 0.218. The Morgan fingerprint density at radius 2 is 2.20 bits per heavy atom. The number of para-hydroxylation sites is 1. The summed E-state index contributed by atoms with van der Waals surface area (Å²) < 4.78 is 0. The van der Waals surface area contributed by atoms with E-state index in [-0.39, 0.29) is 10.6 Å². The standard InChI is InChI=1S/C11H12N2O2/c14-13(15)10-3-1-2-8-9(7-4-5-7)6-12-11(8)10/h1-3,7,9,12H,4-6H2. The molecule has 1 fully saturated rings. The van der Waals surface area contributed by atoms with Gasteiger partial charge in [0.25, 0.3) is 5.69 Å². The van der Waals surface area contributed by atoms with Crippen LogP contribution in [0.2, 0.25) is 0 Å². The first-order valence-electron chi connectivity index (χ1n) is 5.28. The summed E-state index contributed by atoms with van der Waals surface area (Å²) in [6, 6.07) is 5.38. The van der Waals surface area contributed by atoms with E-state index in [4.69, 9.17) is 0 Å². The summed E-state index contributed by atoms with van der Waals surface area (Å²) >= 11 is 0. The Morgan fingerprint density at radius 1 is 1.40 bits per heavy atom. The molecule has 1 N–H and O–H groups in total. The smallest absolute Gasteiger partial charge is 0.292 e. The van der Waals surface area contributed by atoms with Crippen LogP contribution in [0.25, 0.3) is 0 Å². The second-order valence-electron chi connectivity index (χ2n) is 4.32. The SMILES string of the molecule is O=[N+]([O-])c1cccc2c1NCC2C1CC1. The van der Waals surface area contributed by atoms with E-state index in [1.165, 1.54) is 12.8 Å². The van der Waals surface area contributed by atoms with Crippen LogP contribution in [0.3, 0.4) is 0 Å². The molecule has 1 aliphatic heterocycles. The van der Waals surface area contributed by atoms with Crippen molar-refractivity contribution in [1.82, 2.24) is 0 Å². The molecule has 0 amide bonds. The molecule has 1 aromatic carbocycles. The molecule has 0 bridgehead atoms. The highest BCUT2D eigenvalue weighted by atomic mass is 16.6. The molecule has 1 unspecified atom stereocenters. The Bertz CT molecular complexity index is 427. The largest absolute Gasteiger partial charge is 0.379 e. The van der Waals surface area contributed by atoms with Crippen LogP contribution in [0.1, 0.15) is 24.3 Å². The topological polar surface area (TPSA) is 55.2 Å². The Balaban J connectivity index is 2.06. The summed E-state index contributed by atoms with van der Waals surface area (Å²) in [5.74, 6) is 1.25. The highest BCUT2D eigenvalue weighted by Crippen LogP contribution is 2.49. The van der Waals surface area contributed by atoms with Crippen molar-refractivity contribution in [2.75, 3.05) is 11.9 Å². The van der Waals surface area contributed by atoms with Gasteiger partial charge in [-0.25, -0.2) is 0 Å². The molecule has 78 valence electrons. The molecule has 4 nitrogen and oxygen atoms in total. The number of nitrogens with one attached hydrogen (secondary N) is 1. The average Bonchev–Trinajstić information content (AvgIpc) is 2.97. The molecule has 1 aliphatic carbocycles. The van der Waals surface area contributed by atoms with Crippen molar-refractivity contribution in [3.63, 3.8) is 0 Å². The van der Waals surface area contributed by atoms with E-state index >= 15 is 0 Å². The van der Waals surface area contributed by atoms with E-state index in [1.54, 1.807) is 12.1 Å². The summed E-state index contributed by atoms with van der Waals surface area (Å²) in [5, 5.41) is 14.0. The maximum absolute atomic E-state index is 10.8. The second-order valence-corrected chi connectivity index (χ2v) is 4.32. The fourth-order valence-corrected chi connectivity index (χ4v) is 2.45. The molecule has 1 aromatic rings. The van der Waals surface area contributed by atoms with Crippen molar-refractivity contribution in [2.45, 2.75) is 18.8 Å². The van der Waals surface area contributed by atoms with Gasteiger partial charge in [0, 0.05) is 18.5 Å². The molecule has 15 heavy (non-hydrogen) atoms. The zero-order valence-electron chi connectivity index (χ0n) is 8.27. The Kier molecular flexibility index (Phi) is 1.71. The quantitative estimate of drug-likeness (QED) is 0.594. The number of rotatable bonds is 2. The molecule has 0 spiro atoms. The molecule has 0 aromatic heterocycles. The predicted octanol–water partition coefficient (Wildman–Crippen LogP) is 2.51. The number of hydrogen-bond donors (Lipinski definition) is 1. The van der Waals surface area contributed by atoms with Crippen LogP contribution in [0.5, 0.6) is 0 Å². The minimum Gasteiger partial charge on any atom is -0.379 e. The maximum atomic E-state index is 10.8. The van der Waals surface area contributed by atoms with Crippen molar-refractivity contribution in [3.05, 3.63) is 33.9 Å². The van der Waals surface area contributed by atoms with Gasteiger partial charge >= 0.3 is 0 Å². The van der Waals surface area contributed by atoms with Gasteiger partial charge in [-0.2, -0.15) is 0 Å². The van der Waals surface area contributed by atoms with E-state index in [0.717, 1.165) is 23.7 Å². The van der Waals surface area contributed by atoms with Crippen molar-refractivity contribution in [2.24, 2.45) is 5.92 Å². The molecule has 4 heteroatoms. The van der Waals surface area contributed by atoms with Crippen LogP contribution in [-0.4, -0.2) is 11.5 Å². The van der Waals surface area contributed by atoms with E-state index in [0.29, 0.717) is 5.92 Å². The van der Waals surface area contributed by atoms with E-state index in [1.807, 2.05) is 6.07 Å². The molecular weight excluding hydrogens is 192 g/mol. The lowest BCUT2D eigenvalue weighted by Gasteiger charge is -2.06. The third-order valence-electron chi connectivity index (χ3n) is 3.36. The van der Waals surface area contributed by atoms with Gasteiger partial charge in [0.05, 0.1) is 4.92 Å². The molecule has 3 rings (SSSR count). The van der Waals surface area contributed by atoms with Crippen molar-refractivity contribution >= 4 is 11.4 Å². The Morgan fingerprint density at radius 3 is 2.87 bits per heavy atom. The highest BCUT2D eigenvalue weighted by Gasteiger charge is 2.38. The van der Waals surface area contributed by atoms with Gasteiger partial charge in [0.15, 0.2) is 0 Å². The molecule has 1 atom stereocenters. The van der Waals surface area contributed by atoms with Gasteiger partial charge in [0.2, 0.25) is 0 Å². The minimum atomic E-state index is -0.304. The zero-order valence-corrected chi connectivity index (χ0v) is 8.27. The van der Waals surface area contributed by atoms with Crippen LogP contribution in [0.4, 0.5) is 11.4 Å². The van der Waals surface area contributed by atoms with Gasteiger partial charge in [0.1, 0.15) is 5.69 Å². The third kappa shape index (κ3) is 1.28. The molecule has 0 saturated heterocycles. The summed E-state index contributed by atoms with van der Waals surface area (Å²) in [5.41, 5.74) is 2.11. The number of anilines is 1. The van der Waals surface area contributed by atoms with Crippen LogP contribution >= 0.6 is 0 Å². The Labute approximate surface area is 87.4 Å². The van der Waals surface area contributed by atoms with E-state index in [2.05, 4.69) is 5.32 Å². The van der Waals surface area contributed by atoms with Gasteiger partial charge < -0.3 is 5.32 Å². The molecule has 0 radical (unpaired) electrons. The zero-order chi connectivity index (χ0) is 10.4. The monoisotopic (exact) mass is 204 g/mol. The van der Waals surface area contributed by atoms with Gasteiger partial charge in [-0.1, -0.05) is 12.1 Å². The summed E-state index contributed by atoms with van der Waals surface area (Å²) in [6.45, 7) is 0.866. The van der Waals surface area contributed by atoms with Crippen molar-refractivity contribution < 1.29 is 4.92 Å². The lowest BCUT2D eigenvalue weighted by atomic mass is 9.96. The van der Waals surface area contributed by atoms with Crippen molar-refractivity contribution in [1.29, 1.82) is 0 Å². The number of nitro benzene ring substituents is 1. The summed E-state index contributed by atoms with van der Waals surface area (Å²) in [7, 11) is 0. The average molecular weight is 204 g/mol. The molecule has 1 heterocycles. The molecule has 1 saturated carbocycles. The Hall–Kier alpha value is -1.58. The predicted molar refractivity (Wildman–Crippen MR) is 57.1 cm³/mol. The third-order valence-corrected chi connectivity index (χ3v) is 3.36. The molecule has 2 aliphatic rings. The maximum Gasteiger partial charge on any atom is 0.292 e. The van der Waals surface area contributed by atoms with Gasteiger partial charge in [-0.05, 0) is 24.3 Å². The first-order valence-corrected chi connectivity index (χ1v) is 5.28. The fourth-order valence-electron chi connectivity index (χ4n) is 2.45.